The van der Waals surface area contributed by atoms with Gasteiger partial charge in [0.1, 0.15) is 5.82 Å². The maximum Gasteiger partial charge on any atom is 0.233 e. The lowest BCUT2D eigenvalue weighted by Gasteiger charge is -2.30. The summed E-state index contributed by atoms with van der Waals surface area (Å²) in [5, 5.41) is 9.01. The molecule has 0 N–H and O–H groups in total. The molecule has 6 nitrogen and oxygen atoms in total. The second kappa shape index (κ2) is 8.60. The number of thioether (sulfide) groups is 1. The zero-order valence-corrected chi connectivity index (χ0v) is 17.1. The smallest absolute Gasteiger partial charge is 0.233 e. The summed E-state index contributed by atoms with van der Waals surface area (Å²) in [5.74, 6) is 0.971. The average Bonchev–Trinajstić information content (AvgIpc) is 3.29. The highest BCUT2D eigenvalue weighted by molar-refractivity contribution is 7.99. The van der Waals surface area contributed by atoms with E-state index in [9.17, 15) is 9.18 Å². The van der Waals surface area contributed by atoms with Crippen LogP contribution in [0.25, 0.3) is 17.3 Å². The molecule has 2 heterocycles. The number of halogens is 1. The summed E-state index contributed by atoms with van der Waals surface area (Å²) in [6.45, 7) is 7.99. The van der Waals surface area contributed by atoms with Crippen molar-refractivity contribution in [2.45, 2.75) is 44.9 Å². The summed E-state index contributed by atoms with van der Waals surface area (Å²) in [5.41, 5.74) is 0.692. The monoisotopic (exact) mass is 402 g/mol. The molecule has 0 aliphatic heterocycles. The number of furan rings is 1. The first kappa shape index (κ1) is 20.1. The number of nitrogens with zero attached hydrogens (tertiary/aromatic N) is 4. The first-order valence-corrected chi connectivity index (χ1v) is 10.1. The summed E-state index contributed by atoms with van der Waals surface area (Å²) >= 11 is 1.30. The van der Waals surface area contributed by atoms with Crippen LogP contribution in [-0.2, 0) is 4.79 Å². The van der Waals surface area contributed by atoms with Crippen LogP contribution in [-0.4, -0.2) is 43.4 Å². The van der Waals surface area contributed by atoms with E-state index in [2.05, 4.69) is 10.2 Å². The molecule has 0 aliphatic carbocycles. The van der Waals surface area contributed by atoms with Gasteiger partial charge in [-0.2, -0.15) is 0 Å². The Kier molecular flexibility index (Phi) is 6.18. The number of aromatic nitrogens is 3. The molecular weight excluding hydrogens is 379 g/mol. The molecule has 0 fully saturated rings. The van der Waals surface area contributed by atoms with Gasteiger partial charge in [-0.05, 0) is 64.1 Å². The van der Waals surface area contributed by atoms with E-state index < -0.39 is 0 Å². The van der Waals surface area contributed by atoms with Crippen molar-refractivity contribution in [3.05, 3.63) is 48.5 Å². The molecule has 0 saturated carbocycles. The molecule has 0 aliphatic rings. The molecule has 3 aromatic rings. The molecule has 1 aromatic carbocycles. The zero-order valence-electron chi connectivity index (χ0n) is 16.3. The normalized spacial score (nSPS) is 11.4. The quantitative estimate of drug-likeness (QED) is 0.548. The van der Waals surface area contributed by atoms with Gasteiger partial charge in [0.2, 0.25) is 11.7 Å². The fraction of sp³-hybridized carbons (Fsp3) is 0.350. The van der Waals surface area contributed by atoms with Crippen LogP contribution in [0.2, 0.25) is 0 Å². The predicted molar refractivity (Wildman–Crippen MR) is 107 cm³/mol. The van der Waals surface area contributed by atoms with Gasteiger partial charge in [0.15, 0.2) is 10.9 Å². The van der Waals surface area contributed by atoms with Crippen LogP contribution >= 0.6 is 11.8 Å². The van der Waals surface area contributed by atoms with E-state index in [1.807, 2.05) is 32.6 Å². The third-order valence-electron chi connectivity index (χ3n) is 4.19. The fourth-order valence-corrected chi connectivity index (χ4v) is 3.95. The standard InChI is InChI=1S/C20H23FN4O2S/c1-13(2)24(14(3)4)18(26)12-28-20-23-22-19(17-6-5-11-27-17)25(20)16-9-7-15(21)8-10-16/h5-11,13-14H,12H2,1-4H3. The lowest BCUT2D eigenvalue weighted by molar-refractivity contribution is -0.131. The Labute approximate surface area is 167 Å². The Balaban J connectivity index is 1.91. The van der Waals surface area contributed by atoms with Gasteiger partial charge in [0.25, 0.3) is 0 Å². The minimum absolute atomic E-state index is 0.0307. The zero-order chi connectivity index (χ0) is 20.3. The van der Waals surface area contributed by atoms with Crippen molar-refractivity contribution >= 4 is 17.7 Å². The van der Waals surface area contributed by atoms with Crippen LogP contribution < -0.4 is 0 Å². The number of benzene rings is 1. The highest BCUT2D eigenvalue weighted by Crippen LogP contribution is 2.28. The van der Waals surface area contributed by atoms with Gasteiger partial charge >= 0.3 is 0 Å². The van der Waals surface area contributed by atoms with E-state index >= 15 is 0 Å². The Bertz CT molecular complexity index is 912. The maximum atomic E-state index is 13.4. The third kappa shape index (κ3) is 4.27. The average molecular weight is 402 g/mol. The van der Waals surface area contributed by atoms with Crippen molar-refractivity contribution in [3.8, 4) is 17.3 Å². The second-order valence-electron chi connectivity index (χ2n) is 6.87. The number of rotatable bonds is 7. The summed E-state index contributed by atoms with van der Waals surface area (Å²) < 4.78 is 20.6. The molecule has 0 radical (unpaired) electrons. The molecule has 0 bridgehead atoms. The largest absolute Gasteiger partial charge is 0.461 e. The van der Waals surface area contributed by atoms with Crippen LogP contribution in [0.1, 0.15) is 27.7 Å². The number of carbonyl (C=O) groups is 1. The van der Waals surface area contributed by atoms with Gasteiger partial charge in [-0.25, -0.2) is 4.39 Å². The highest BCUT2D eigenvalue weighted by atomic mass is 32.2. The Hall–Kier alpha value is -2.61. The minimum Gasteiger partial charge on any atom is -0.461 e. The molecular formula is C20H23FN4O2S. The SMILES string of the molecule is CC(C)N(C(=O)CSc1nnc(-c2ccco2)n1-c1ccc(F)cc1)C(C)C. The number of amides is 1. The topological polar surface area (TPSA) is 64.2 Å². The predicted octanol–water partition coefficient (Wildman–Crippen LogP) is 4.40. The van der Waals surface area contributed by atoms with E-state index in [1.54, 1.807) is 35.1 Å². The van der Waals surface area contributed by atoms with Gasteiger partial charge in [-0.3, -0.25) is 9.36 Å². The third-order valence-corrected chi connectivity index (χ3v) is 5.10. The van der Waals surface area contributed by atoms with Gasteiger partial charge in [-0.15, -0.1) is 10.2 Å². The molecule has 0 spiro atoms. The maximum absolute atomic E-state index is 13.4. The molecule has 0 saturated heterocycles. The fourth-order valence-electron chi connectivity index (χ4n) is 3.12. The molecule has 8 heteroatoms. The molecule has 148 valence electrons. The summed E-state index contributed by atoms with van der Waals surface area (Å²) in [4.78, 5) is 14.6. The van der Waals surface area contributed by atoms with Crippen molar-refractivity contribution in [1.82, 2.24) is 19.7 Å². The molecule has 3 rings (SSSR count). The number of hydrogen-bond acceptors (Lipinski definition) is 5. The first-order valence-electron chi connectivity index (χ1n) is 9.07. The lowest BCUT2D eigenvalue weighted by Crippen LogP contribution is -2.43. The highest BCUT2D eigenvalue weighted by Gasteiger charge is 2.23. The summed E-state index contributed by atoms with van der Waals surface area (Å²) in [6, 6.07) is 9.81. The molecule has 0 unspecified atom stereocenters. The van der Waals surface area contributed by atoms with Gasteiger partial charge in [0, 0.05) is 12.1 Å². The Morgan fingerprint density at radius 2 is 1.82 bits per heavy atom. The summed E-state index contributed by atoms with van der Waals surface area (Å²) in [6.07, 6.45) is 1.55. The molecule has 2 aromatic heterocycles. The van der Waals surface area contributed by atoms with E-state index in [0.29, 0.717) is 22.4 Å². The van der Waals surface area contributed by atoms with E-state index in [4.69, 9.17) is 4.42 Å². The van der Waals surface area contributed by atoms with Crippen molar-refractivity contribution in [3.63, 3.8) is 0 Å². The molecule has 1 amide bonds. The van der Waals surface area contributed by atoms with E-state index in [1.165, 1.54) is 23.9 Å². The van der Waals surface area contributed by atoms with Crippen LogP contribution in [0, 0.1) is 5.82 Å². The van der Waals surface area contributed by atoms with Gasteiger partial charge in [-0.1, -0.05) is 11.8 Å². The van der Waals surface area contributed by atoms with Crippen LogP contribution in [0.15, 0.2) is 52.2 Å². The molecule has 28 heavy (non-hydrogen) atoms. The van der Waals surface area contributed by atoms with Gasteiger partial charge < -0.3 is 9.32 Å². The molecule has 0 atom stereocenters. The second-order valence-corrected chi connectivity index (χ2v) is 7.81. The van der Waals surface area contributed by atoms with Gasteiger partial charge in [0.05, 0.1) is 17.7 Å². The summed E-state index contributed by atoms with van der Waals surface area (Å²) in [7, 11) is 0. The van der Waals surface area contributed by atoms with Crippen molar-refractivity contribution in [2.24, 2.45) is 0 Å². The lowest BCUT2D eigenvalue weighted by atomic mass is 10.2. The van der Waals surface area contributed by atoms with E-state index in [0.717, 1.165) is 0 Å². The Morgan fingerprint density at radius 1 is 1.14 bits per heavy atom. The van der Waals surface area contributed by atoms with Crippen LogP contribution in [0.5, 0.6) is 0 Å². The number of carbonyl (C=O) groups excluding carboxylic acids is 1. The van der Waals surface area contributed by atoms with Crippen LogP contribution in [0.4, 0.5) is 4.39 Å². The van der Waals surface area contributed by atoms with Crippen LogP contribution in [0.3, 0.4) is 0 Å². The van der Waals surface area contributed by atoms with Crippen molar-refractivity contribution < 1.29 is 13.6 Å². The van der Waals surface area contributed by atoms with Crippen molar-refractivity contribution in [2.75, 3.05) is 5.75 Å². The van der Waals surface area contributed by atoms with Crippen molar-refractivity contribution in [1.29, 1.82) is 0 Å². The van der Waals surface area contributed by atoms with E-state index in [-0.39, 0.29) is 29.6 Å². The first-order chi connectivity index (χ1) is 13.4. The Morgan fingerprint density at radius 3 is 2.39 bits per heavy atom. The number of hydrogen-bond donors (Lipinski definition) is 0. The minimum atomic E-state index is -0.328.